The highest BCUT2D eigenvalue weighted by atomic mass is 16.6. The number of unbranched alkanes of at least 4 members (excludes halogenated alkanes) is 1. The normalized spacial score (nSPS) is 25.3. The number of aryl methyl sites for hydroxylation is 2. The lowest BCUT2D eigenvalue weighted by atomic mass is 9.79. The molecule has 5 rings (SSSR count). The third-order valence-electron chi connectivity index (χ3n) is 9.63. The van der Waals surface area contributed by atoms with Crippen molar-refractivity contribution in [3.8, 4) is 0 Å². The smallest absolute Gasteiger partial charge is 0.410 e. The zero-order valence-electron chi connectivity index (χ0n) is 22.6. The van der Waals surface area contributed by atoms with Gasteiger partial charge in [0.2, 0.25) is 0 Å². The van der Waals surface area contributed by atoms with E-state index in [9.17, 15) is 9.59 Å². The molecule has 1 atom stereocenters. The molecule has 1 aromatic carbocycles. The van der Waals surface area contributed by atoms with E-state index in [1.54, 1.807) is 0 Å². The first-order chi connectivity index (χ1) is 17.4. The Hall–Kier alpha value is -2.08. The van der Waals surface area contributed by atoms with E-state index in [4.69, 9.17) is 4.74 Å². The minimum atomic E-state index is -0.300. The Kier molecular flexibility index (Phi) is 7.62. The van der Waals surface area contributed by atoms with Crippen LogP contribution in [0.4, 0.5) is 4.79 Å². The van der Waals surface area contributed by atoms with Crippen LogP contribution >= 0.6 is 0 Å². The van der Waals surface area contributed by atoms with Crippen molar-refractivity contribution >= 4 is 12.0 Å². The molecule has 1 unspecified atom stereocenters. The third-order valence-corrected chi connectivity index (χ3v) is 9.63. The summed E-state index contributed by atoms with van der Waals surface area (Å²) in [4.78, 5) is 33.0. The monoisotopic (exact) mass is 495 g/mol. The van der Waals surface area contributed by atoms with Gasteiger partial charge in [-0.3, -0.25) is 9.69 Å². The van der Waals surface area contributed by atoms with E-state index < -0.39 is 0 Å². The Morgan fingerprint density at radius 3 is 2.28 bits per heavy atom. The van der Waals surface area contributed by atoms with Crippen molar-refractivity contribution in [1.82, 2.24) is 14.7 Å². The summed E-state index contributed by atoms with van der Waals surface area (Å²) in [6, 6.07) is 6.85. The molecule has 0 bridgehead atoms. The average Bonchev–Trinajstić information content (AvgIpc) is 3.09. The second-order valence-corrected chi connectivity index (χ2v) is 11.9. The van der Waals surface area contributed by atoms with Crippen LogP contribution in [0.25, 0.3) is 0 Å². The molecule has 4 aliphatic rings. The van der Waals surface area contributed by atoms with Gasteiger partial charge in [0.1, 0.15) is 5.60 Å². The van der Waals surface area contributed by atoms with Gasteiger partial charge in [-0.15, -0.1) is 0 Å². The molecule has 0 radical (unpaired) electrons. The maximum absolute atomic E-state index is 13.2. The molecule has 6 heteroatoms. The molecule has 3 heterocycles. The van der Waals surface area contributed by atoms with Crippen LogP contribution in [-0.4, -0.2) is 77.1 Å². The standard InChI is InChI=1S/C30H45N3O3/c1-4-5-12-26-30(36-29(35)33(26)21-24-10-7-11-24)15-19-31(20-16-30)25-13-17-32(18-14-25)28(34)27-22(2)8-6-9-23(27)3/h6,8-9,24-26H,4-5,7,10-21H2,1-3H3. The summed E-state index contributed by atoms with van der Waals surface area (Å²) < 4.78 is 6.24. The topological polar surface area (TPSA) is 53.1 Å². The molecule has 4 fully saturated rings. The highest BCUT2D eigenvalue weighted by Gasteiger charge is 2.55. The fourth-order valence-electron chi connectivity index (χ4n) is 7.13. The minimum Gasteiger partial charge on any atom is -0.440 e. The van der Waals surface area contributed by atoms with E-state index in [0.29, 0.717) is 12.0 Å². The van der Waals surface area contributed by atoms with Crippen molar-refractivity contribution in [2.45, 2.75) is 103 Å². The van der Waals surface area contributed by atoms with Gasteiger partial charge < -0.3 is 14.5 Å². The second-order valence-electron chi connectivity index (χ2n) is 11.9. The summed E-state index contributed by atoms with van der Waals surface area (Å²) in [5.74, 6) is 0.859. The molecule has 1 saturated carbocycles. The first kappa shape index (κ1) is 25.6. The Labute approximate surface area is 217 Å². The Morgan fingerprint density at radius 2 is 1.69 bits per heavy atom. The fourth-order valence-corrected chi connectivity index (χ4v) is 7.13. The molecule has 198 valence electrons. The zero-order chi connectivity index (χ0) is 25.3. The number of hydrogen-bond acceptors (Lipinski definition) is 4. The molecule has 1 aromatic rings. The number of carbonyl (C=O) groups excluding carboxylic acids is 2. The lowest BCUT2D eigenvalue weighted by Gasteiger charge is -2.46. The van der Waals surface area contributed by atoms with Crippen molar-refractivity contribution in [1.29, 1.82) is 0 Å². The maximum atomic E-state index is 13.2. The Morgan fingerprint density at radius 1 is 1.03 bits per heavy atom. The molecular formula is C30H45N3O3. The summed E-state index contributed by atoms with van der Waals surface area (Å²) in [5, 5.41) is 0. The average molecular weight is 496 g/mol. The highest BCUT2D eigenvalue weighted by molar-refractivity contribution is 5.97. The van der Waals surface area contributed by atoms with E-state index >= 15 is 0 Å². The lowest BCUT2D eigenvalue weighted by Crippen LogP contribution is -2.56. The van der Waals surface area contributed by atoms with Crippen LogP contribution in [0.15, 0.2) is 18.2 Å². The zero-order valence-corrected chi connectivity index (χ0v) is 22.6. The molecule has 6 nitrogen and oxygen atoms in total. The maximum Gasteiger partial charge on any atom is 0.410 e. The summed E-state index contributed by atoms with van der Waals surface area (Å²) in [7, 11) is 0. The minimum absolute atomic E-state index is 0.0604. The molecule has 1 spiro atoms. The van der Waals surface area contributed by atoms with E-state index in [-0.39, 0.29) is 23.6 Å². The predicted molar refractivity (Wildman–Crippen MR) is 142 cm³/mol. The van der Waals surface area contributed by atoms with Crippen LogP contribution < -0.4 is 0 Å². The fraction of sp³-hybridized carbons (Fsp3) is 0.733. The van der Waals surface area contributed by atoms with Crippen LogP contribution in [-0.2, 0) is 4.74 Å². The van der Waals surface area contributed by atoms with Crippen molar-refractivity contribution in [2.24, 2.45) is 5.92 Å². The molecule has 1 aliphatic carbocycles. The van der Waals surface area contributed by atoms with Gasteiger partial charge in [0, 0.05) is 57.2 Å². The molecular weight excluding hydrogens is 450 g/mol. The van der Waals surface area contributed by atoms with Gasteiger partial charge >= 0.3 is 6.09 Å². The van der Waals surface area contributed by atoms with Gasteiger partial charge in [0.05, 0.1) is 6.04 Å². The van der Waals surface area contributed by atoms with Gasteiger partial charge in [-0.1, -0.05) is 44.4 Å². The third kappa shape index (κ3) is 4.90. The van der Waals surface area contributed by atoms with Gasteiger partial charge in [-0.05, 0) is 63.0 Å². The summed E-state index contributed by atoms with van der Waals surface area (Å²) in [6.07, 6.45) is 11.1. The number of likely N-dealkylation sites (tertiary alicyclic amines) is 2. The van der Waals surface area contributed by atoms with E-state index in [1.807, 2.05) is 32.0 Å². The quantitative estimate of drug-likeness (QED) is 0.497. The molecule has 36 heavy (non-hydrogen) atoms. The van der Waals surface area contributed by atoms with Gasteiger partial charge in [0.25, 0.3) is 5.91 Å². The molecule has 0 aromatic heterocycles. The number of hydrogen-bond donors (Lipinski definition) is 0. The number of piperidine rings is 2. The Balaban J connectivity index is 1.18. The van der Waals surface area contributed by atoms with Crippen LogP contribution in [0.1, 0.15) is 92.6 Å². The van der Waals surface area contributed by atoms with E-state index in [1.165, 1.54) is 19.3 Å². The van der Waals surface area contributed by atoms with Crippen LogP contribution in [0.5, 0.6) is 0 Å². The van der Waals surface area contributed by atoms with E-state index in [2.05, 4.69) is 21.6 Å². The van der Waals surface area contributed by atoms with Gasteiger partial charge in [-0.25, -0.2) is 4.79 Å². The summed E-state index contributed by atoms with van der Waals surface area (Å²) in [5.41, 5.74) is 2.71. The molecule has 3 saturated heterocycles. The van der Waals surface area contributed by atoms with Crippen LogP contribution in [0.2, 0.25) is 0 Å². The predicted octanol–water partition coefficient (Wildman–Crippen LogP) is 5.55. The summed E-state index contributed by atoms with van der Waals surface area (Å²) >= 11 is 0. The van der Waals surface area contributed by atoms with Crippen molar-refractivity contribution in [2.75, 3.05) is 32.7 Å². The highest BCUT2D eigenvalue weighted by Crippen LogP contribution is 2.43. The van der Waals surface area contributed by atoms with Crippen molar-refractivity contribution < 1.29 is 14.3 Å². The van der Waals surface area contributed by atoms with Crippen molar-refractivity contribution in [3.63, 3.8) is 0 Å². The van der Waals surface area contributed by atoms with Gasteiger partial charge in [0.15, 0.2) is 0 Å². The lowest BCUT2D eigenvalue weighted by molar-refractivity contribution is -0.0387. The number of carbonyl (C=O) groups is 2. The first-order valence-electron chi connectivity index (χ1n) is 14.5. The van der Waals surface area contributed by atoms with Crippen LogP contribution in [0.3, 0.4) is 0 Å². The second kappa shape index (κ2) is 10.7. The SMILES string of the molecule is CCCCC1N(CC2CCC2)C(=O)OC12CCN(C1CCN(C(=O)c3c(C)cccc3C)CC1)CC2. The first-order valence-corrected chi connectivity index (χ1v) is 14.5. The molecule has 0 N–H and O–H groups in total. The largest absolute Gasteiger partial charge is 0.440 e. The van der Waals surface area contributed by atoms with Crippen molar-refractivity contribution in [3.05, 3.63) is 34.9 Å². The molecule has 3 aliphatic heterocycles. The Bertz CT molecular complexity index is 923. The number of benzene rings is 1. The number of nitrogens with zero attached hydrogens (tertiary/aromatic N) is 3. The molecule has 2 amide bonds. The number of rotatable bonds is 7. The van der Waals surface area contributed by atoms with Gasteiger partial charge in [-0.2, -0.15) is 0 Å². The van der Waals surface area contributed by atoms with E-state index in [0.717, 1.165) is 94.4 Å². The number of amides is 2. The number of ether oxygens (including phenoxy) is 1. The summed E-state index contributed by atoms with van der Waals surface area (Å²) in [6.45, 7) is 10.8. The van der Waals surface area contributed by atoms with Crippen LogP contribution in [0, 0.1) is 19.8 Å².